The zero-order valence-electron chi connectivity index (χ0n) is 12.3. The highest BCUT2D eigenvalue weighted by atomic mass is 16.4. The van der Waals surface area contributed by atoms with Gasteiger partial charge in [0.15, 0.2) is 0 Å². The Bertz CT molecular complexity index is 383. The zero-order chi connectivity index (χ0) is 15.3. The molecule has 4 unspecified atom stereocenters. The predicted molar refractivity (Wildman–Crippen MR) is 73.9 cm³/mol. The lowest BCUT2D eigenvalue weighted by atomic mass is 9.95. The molecule has 0 saturated heterocycles. The lowest BCUT2D eigenvalue weighted by Gasteiger charge is -2.19. The average Bonchev–Trinajstić information content (AvgIpc) is 2.78. The summed E-state index contributed by atoms with van der Waals surface area (Å²) in [6.07, 6.45) is 1.91. The normalized spacial score (nSPS) is 26.9. The molecule has 0 heterocycles. The summed E-state index contributed by atoms with van der Waals surface area (Å²) in [5.74, 6) is -2.47. The van der Waals surface area contributed by atoms with Gasteiger partial charge in [-0.15, -0.1) is 0 Å². The van der Waals surface area contributed by atoms with Crippen molar-refractivity contribution >= 4 is 17.8 Å². The van der Waals surface area contributed by atoms with E-state index in [1.807, 2.05) is 13.8 Å². The molecule has 114 valence electrons. The predicted octanol–water partition coefficient (Wildman–Crippen LogP) is 0.764. The molecule has 1 aliphatic rings. The maximum Gasteiger partial charge on any atom is 0.307 e. The number of aliphatic carboxylic acids is 1. The van der Waals surface area contributed by atoms with E-state index in [1.165, 1.54) is 0 Å². The highest BCUT2D eigenvalue weighted by Crippen LogP contribution is 2.36. The van der Waals surface area contributed by atoms with Crippen molar-refractivity contribution in [1.82, 2.24) is 10.6 Å². The van der Waals surface area contributed by atoms with Crippen LogP contribution in [0.25, 0.3) is 0 Å². The molecule has 0 bridgehead atoms. The third-order valence-electron chi connectivity index (χ3n) is 3.75. The molecule has 0 radical (unpaired) electrons. The minimum absolute atomic E-state index is 0.219. The van der Waals surface area contributed by atoms with Crippen LogP contribution in [0.2, 0.25) is 0 Å². The molecule has 1 aliphatic carbocycles. The summed E-state index contributed by atoms with van der Waals surface area (Å²) in [4.78, 5) is 35.0. The number of rotatable bonds is 6. The molecular weight excluding hydrogens is 260 g/mol. The van der Waals surface area contributed by atoms with E-state index in [0.29, 0.717) is 19.4 Å². The van der Waals surface area contributed by atoms with Crippen LogP contribution in [-0.2, 0) is 14.4 Å². The Kier molecular flexibility index (Phi) is 5.98. The van der Waals surface area contributed by atoms with Gasteiger partial charge in [-0.2, -0.15) is 0 Å². The van der Waals surface area contributed by atoms with Crippen molar-refractivity contribution in [2.75, 3.05) is 6.54 Å². The summed E-state index contributed by atoms with van der Waals surface area (Å²) in [5.41, 5.74) is 0. The number of carbonyl (C=O) groups excluding carboxylic acids is 2. The molecule has 1 saturated carbocycles. The molecule has 0 aliphatic heterocycles. The molecule has 0 spiro atoms. The lowest BCUT2D eigenvalue weighted by Crippen LogP contribution is -2.47. The topological polar surface area (TPSA) is 95.5 Å². The summed E-state index contributed by atoms with van der Waals surface area (Å²) < 4.78 is 0. The Morgan fingerprint density at radius 1 is 1.25 bits per heavy atom. The van der Waals surface area contributed by atoms with Crippen molar-refractivity contribution in [2.24, 2.45) is 17.8 Å². The first-order valence-corrected chi connectivity index (χ1v) is 7.17. The molecule has 0 aromatic carbocycles. The van der Waals surface area contributed by atoms with Crippen LogP contribution in [0.5, 0.6) is 0 Å². The van der Waals surface area contributed by atoms with Crippen molar-refractivity contribution in [3.63, 3.8) is 0 Å². The number of carboxylic acid groups (broad SMARTS) is 1. The van der Waals surface area contributed by atoms with Crippen LogP contribution < -0.4 is 10.6 Å². The van der Waals surface area contributed by atoms with Gasteiger partial charge >= 0.3 is 5.97 Å². The maximum atomic E-state index is 12.1. The van der Waals surface area contributed by atoms with E-state index in [1.54, 1.807) is 6.92 Å². The van der Waals surface area contributed by atoms with Crippen LogP contribution in [-0.4, -0.2) is 35.5 Å². The fourth-order valence-electron chi connectivity index (χ4n) is 2.64. The van der Waals surface area contributed by atoms with Gasteiger partial charge in [-0.05, 0) is 32.1 Å². The SMILES string of the molecule is CCCNC(=O)C(C)NC(=O)C1CC(C)CC1C(=O)O. The third-order valence-corrected chi connectivity index (χ3v) is 3.75. The molecule has 4 atom stereocenters. The largest absolute Gasteiger partial charge is 0.481 e. The highest BCUT2D eigenvalue weighted by Gasteiger charge is 2.41. The second-order valence-electron chi connectivity index (χ2n) is 5.65. The van der Waals surface area contributed by atoms with Gasteiger partial charge < -0.3 is 15.7 Å². The van der Waals surface area contributed by atoms with Gasteiger partial charge in [-0.1, -0.05) is 13.8 Å². The Morgan fingerprint density at radius 2 is 1.85 bits per heavy atom. The van der Waals surface area contributed by atoms with Crippen LogP contribution in [0.15, 0.2) is 0 Å². The standard InChI is InChI=1S/C14H24N2O4/c1-4-5-15-12(17)9(3)16-13(18)10-6-8(2)7-11(10)14(19)20/h8-11H,4-7H2,1-3H3,(H,15,17)(H,16,18)(H,19,20). The van der Waals surface area contributed by atoms with E-state index >= 15 is 0 Å². The van der Waals surface area contributed by atoms with Gasteiger partial charge in [0.1, 0.15) is 6.04 Å². The summed E-state index contributed by atoms with van der Waals surface area (Å²) in [6, 6.07) is -0.639. The Labute approximate surface area is 119 Å². The van der Waals surface area contributed by atoms with Crippen LogP contribution in [0.1, 0.15) is 40.0 Å². The Hall–Kier alpha value is -1.59. The number of hydrogen-bond donors (Lipinski definition) is 3. The number of nitrogens with one attached hydrogen (secondary N) is 2. The number of carbonyl (C=O) groups is 3. The number of hydrogen-bond acceptors (Lipinski definition) is 3. The minimum atomic E-state index is -0.933. The van der Waals surface area contributed by atoms with Crippen molar-refractivity contribution in [3.05, 3.63) is 0 Å². The van der Waals surface area contributed by atoms with Crippen molar-refractivity contribution in [2.45, 2.75) is 46.1 Å². The van der Waals surface area contributed by atoms with Gasteiger partial charge in [0.2, 0.25) is 11.8 Å². The fraction of sp³-hybridized carbons (Fsp3) is 0.786. The van der Waals surface area contributed by atoms with E-state index in [2.05, 4.69) is 10.6 Å². The smallest absolute Gasteiger partial charge is 0.307 e. The molecule has 2 amide bonds. The molecule has 1 rings (SSSR count). The molecule has 20 heavy (non-hydrogen) atoms. The summed E-state index contributed by atoms with van der Waals surface area (Å²) in [6.45, 7) is 6.07. The number of amides is 2. The Balaban J connectivity index is 2.57. The van der Waals surface area contributed by atoms with Crippen LogP contribution in [0, 0.1) is 17.8 Å². The first kappa shape index (κ1) is 16.5. The molecule has 0 aromatic heterocycles. The quantitative estimate of drug-likeness (QED) is 0.671. The van der Waals surface area contributed by atoms with E-state index in [-0.39, 0.29) is 17.7 Å². The van der Waals surface area contributed by atoms with E-state index < -0.39 is 23.8 Å². The van der Waals surface area contributed by atoms with Crippen molar-refractivity contribution < 1.29 is 19.5 Å². The van der Waals surface area contributed by atoms with Gasteiger partial charge in [0.05, 0.1) is 11.8 Å². The third kappa shape index (κ3) is 4.21. The van der Waals surface area contributed by atoms with Gasteiger partial charge in [0.25, 0.3) is 0 Å². The lowest BCUT2D eigenvalue weighted by molar-refractivity contribution is -0.146. The minimum Gasteiger partial charge on any atom is -0.481 e. The summed E-state index contributed by atoms with van der Waals surface area (Å²) >= 11 is 0. The van der Waals surface area contributed by atoms with Crippen molar-refractivity contribution in [1.29, 1.82) is 0 Å². The molecule has 3 N–H and O–H groups in total. The summed E-state index contributed by atoms with van der Waals surface area (Å²) in [7, 11) is 0. The van der Waals surface area contributed by atoms with Crippen molar-refractivity contribution in [3.8, 4) is 0 Å². The molecule has 6 nitrogen and oxygen atoms in total. The van der Waals surface area contributed by atoms with Crippen LogP contribution >= 0.6 is 0 Å². The second kappa shape index (κ2) is 7.26. The van der Waals surface area contributed by atoms with Gasteiger partial charge in [-0.25, -0.2) is 0 Å². The molecule has 1 fully saturated rings. The van der Waals surface area contributed by atoms with Gasteiger partial charge in [0, 0.05) is 6.54 Å². The van der Waals surface area contributed by atoms with E-state index in [0.717, 1.165) is 6.42 Å². The monoisotopic (exact) mass is 284 g/mol. The number of carboxylic acids is 1. The fourth-order valence-corrected chi connectivity index (χ4v) is 2.64. The molecular formula is C14H24N2O4. The average molecular weight is 284 g/mol. The first-order chi connectivity index (χ1) is 9.36. The van der Waals surface area contributed by atoms with E-state index in [4.69, 9.17) is 5.11 Å². The maximum absolute atomic E-state index is 12.1. The second-order valence-corrected chi connectivity index (χ2v) is 5.65. The zero-order valence-corrected chi connectivity index (χ0v) is 12.3. The van der Waals surface area contributed by atoms with Gasteiger partial charge in [-0.3, -0.25) is 14.4 Å². The molecule has 0 aromatic rings. The Morgan fingerprint density at radius 3 is 2.40 bits per heavy atom. The summed E-state index contributed by atoms with van der Waals surface area (Å²) in [5, 5.41) is 14.5. The highest BCUT2D eigenvalue weighted by molar-refractivity contribution is 5.90. The van der Waals surface area contributed by atoms with Crippen LogP contribution in [0.4, 0.5) is 0 Å². The first-order valence-electron chi connectivity index (χ1n) is 7.17. The molecule has 6 heteroatoms. The van der Waals surface area contributed by atoms with Crippen LogP contribution in [0.3, 0.4) is 0 Å². The van der Waals surface area contributed by atoms with E-state index in [9.17, 15) is 14.4 Å².